The van der Waals surface area contributed by atoms with Crippen LogP contribution in [0.4, 0.5) is 0 Å². The highest BCUT2D eigenvalue weighted by Crippen LogP contribution is 2.16. The first kappa shape index (κ1) is 15.8. The Hall–Kier alpha value is -0.270. The van der Waals surface area contributed by atoms with Crippen molar-refractivity contribution in [3.8, 4) is 0 Å². The molecule has 0 saturated heterocycles. The average molecular weight is 310 g/mol. The fourth-order valence-corrected chi connectivity index (χ4v) is 3.56. The molecule has 0 saturated carbocycles. The van der Waals surface area contributed by atoms with Crippen LogP contribution in [0, 0.1) is 0 Å². The van der Waals surface area contributed by atoms with Crippen molar-refractivity contribution >= 4 is 33.4 Å². The molecule has 0 aliphatic rings. The number of hydrogen-bond donors (Lipinski definition) is 2. The standard InChI is InChI=1S/C11H16ClNO3S2/c1-8(11(7-14)17-2)13-18(15,16)10-5-3-9(12)4-6-10/h3-6,8,11,13-14H,7H2,1-2H3. The number of aliphatic hydroxyl groups excluding tert-OH is 1. The number of thioether (sulfide) groups is 1. The molecular formula is C11H16ClNO3S2. The van der Waals surface area contributed by atoms with Crippen LogP contribution in [0.2, 0.25) is 5.02 Å². The first-order valence-electron chi connectivity index (χ1n) is 5.32. The maximum absolute atomic E-state index is 12.0. The molecule has 2 N–H and O–H groups in total. The maximum atomic E-state index is 12.0. The van der Waals surface area contributed by atoms with Crippen molar-refractivity contribution in [3.63, 3.8) is 0 Å². The van der Waals surface area contributed by atoms with Gasteiger partial charge in [0.1, 0.15) is 0 Å². The van der Waals surface area contributed by atoms with Crippen molar-refractivity contribution < 1.29 is 13.5 Å². The van der Waals surface area contributed by atoms with Crippen LogP contribution in [-0.4, -0.2) is 37.7 Å². The van der Waals surface area contributed by atoms with Crippen molar-refractivity contribution in [2.75, 3.05) is 12.9 Å². The normalized spacial score (nSPS) is 15.3. The third-order valence-electron chi connectivity index (χ3n) is 2.51. The second-order valence-corrected chi connectivity index (χ2v) is 7.05. The third kappa shape index (κ3) is 4.13. The highest BCUT2D eigenvalue weighted by Gasteiger charge is 2.22. The van der Waals surface area contributed by atoms with Gasteiger partial charge in [-0.05, 0) is 37.4 Å². The van der Waals surface area contributed by atoms with E-state index in [0.29, 0.717) is 5.02 Å². The molecule has 0 fully saturated rings. The van der Waals surface area contributed by atoms with Gasteiger partial charge in [-0.2, -0.15) is 11.8 Å². The fourth-order valence-electron chi connectivity index (χ4n) is 1.44. The molecule has 102 valence electrons. The van der Waals surface area contributed by atoms with Gasteiger partial charge >= 0.3 is 0 Å². The molecule has 7 heteroatoms. The van der Waals surface area contributed by atoms with E-state index in [-0.39, 0.29) is 22.8 Å². The Balaban J connectivity index is 2.85. The molecule has 0 radical (unpaired) electrons. The van der Waals surface area contributed by atoms with E-state index >= 15 is 0 Å². The number of sulfonamides is 1. The molecule has 0 bridgehead atoms. The van der Waals surface area contributed by atoms with Gasteiger partial charge in [-0.15, -0.1) is 0 Å². The fraction of sp³-hybridized carbons (Fsp3) is 0.455. The summed E-state index contributed by atoms with van der Waals surface area (Å²) in [6, 6.07) is 5.60. The van der Waals surface area contributed by atoms with Crippen LogP contribution in [-0.2, 0) is 10.0 Å². The largest absolute Gasteiger partial charge is 0.395 e. The van der Waals surface area contributed by atoms with E-state index in [1.54, 1.807) is 6.92 Å². The average Bonchev–Trinajstić information content (AvgIpc) is 2.30. The van der Waals surface area contributed by atoms with Crippen molar-refractivity contribution in [2.45, 2.75) is 23.1 Å². The second kappa shape index (κ2) is 6.77. The molecule has 1 aromatic rings. The number of benzene rings is 1. The van der Waals surface area contributed by atoms with E-state index in [2.05, 4.69) is 4.72 Å². The summed E-state index contributed by atoms with van der Waals surface area (Å²) in [5.74, 6) is 0. The molecule has 0 amide bonds. The molecule has 1 aromatic carbocycles. The molecule has 2 unspecified atom stereocenters. The van der Waals surface area contributed by atoms with E-state index in [4.69, 9.17) is 16.7 Å². The second-order valence-electron chi connectivity index (χ2n) is 3.82. The van der Waals surface area contributed by atoms with Gasteiger partial charge in [0.05, 0.1) is 11.5 Å². The topological polar surface area (TPSA) is 66.4 Å². The SMILES string of the molecule is CSC(CO)C(C)NS(=O)(=O)c1ccc(Cl)cc1. The summed E-state index contributed by atoms with van der Waals surface area (Å²) in [6.07, 6.45) is 1.83. The quantitative estimate of drug-likeness (QED) is 0.840. The maximum Gasteiger partial charge on any atom is 0.240 e. The first-order valence-corrected chi connectivity index (χ1v) is 8.47. The minimum atomic E-state index is -3.57. The summed E-state index contributed by atoms with van der Waals surface area (Å²) in [6.45, 7) is 1.65. The predicted octanol–water partition coefficient (Wildman–Crippen LogP) is 1.73. The summed E-state index contributed by atoms with van der Waals surface area (Å²) in [4.78, 5) is 0.163. The number of nitrogens with one attached hydrogen (secondary N) is 1. The van der Waals surface area contributed by atoms with Gasteiger partial charge in [-0.25, -0.2) is 13.1 Å². The lowest BCUT2D eigenvalue weighted by molar-refractivity contribution is 0.282. The van der Waals surface area contributed by atoms with Gasteiger partial charge in [0.25, 0.3) is 0 Å². The Bertz CT molecular complexity index is 472. The van der Waals surface area contributed by atoms with Crippen molar-refractivity contribution in [3.05, 3.63) is 29.3 Å². The third-order valence-corrected chi connectivity index (χ3v) is 5.50. The molecule has 0 spiro atoms. The zero-order valence-corrected chi connectivity index (χ0v) is 12.5. The number of aliphatic hydroxyl groups is 1. The summed E-state index contributed by atoms with van der Waals surface area (Å²) >= 11 is 7.13. The van der Waals surface area contributed by atoms with Gasteiger partial charge in [0, 0.05) is 16.3 Å². The Morgan fingerprint density at radius 1 is 1.39 bits per heavy atom. The highest BCUT2D eigenvalue weighted by molar-refractivity contribution is 7.99. The Labute approximate surface area is 117 Å². The molecule has 0 aliphatic carbocycles. The summed E-state index contributed by atoms with van der Waals surface area (Å²) in [7, 11) is -3.57. The summed E-state index contributed by atoms with van der Waals surface area (Å²) < 4.78 is 26.6. The van der Waals surface area contributed by atoms with Crippen molar-refractivity contribution in [1.82, 2.24) is 4.72 Å². The van der Waals surface area contributed by atoms with E-state index in [0.717, 1.165) is 0 Å². The number of hydrogen-bond acceptors (Lipinski definition) is 4. The van der Waals surface area contributed by atoms with Crippen molar-refractivity contribution in [1.29, 1.82) is 0 Å². The van der Waals surface area contributed by atoms with E-state index in [1.807, 2.05) is 6.26 Å². The lowest BCUT2D eigenvalue weighted by Crippen LogP contribution is -2.41. The predicted molar refractivity (Wildman–Crippen MR) is 75.6 cm³/mol. The molecule has 2 atom stereocenters. The molecule has 0 aliphatic heterocycles. The molecule has 18 heavy (non-hydrogen) atoms. The Kier molecular flexibility index (Phi) is 5.94. The van der Waals surface area contributed by atoms with Crippen LogP contribution >= 0.6 is 23.4 Å². The molecule has 0 aromatic heterocycles. The highest BCUT2D eigenvalue weighted by atomic mass is 35.5. The first-order chi connectivity index (χ1) is 8.40. The zero-order chi connectivity index (χ0) is 13.8. The van der Waals surface area contributed by atoms with Crippen molar-refractivity contribution in [2.24, 2.45) is 0 Å². The van der Waals surface area contributed by atoms with Crippen LogP contribution in [0.3, 0.4) is 0 Å². The van der Waals surface area contributed by atoms with E-state index < -0.39 is 10.0 Å². The lowest BCUT2D eigenvalue weighted by atomic mass is 10.3. The zero-order valence-electron chi connectivity index (χ0n) is 10.1. The van der Waals surface area contributed by atoms with Gasteiger partial charge in [-0.1, -0.05) is 11.6 Å². The van der Waals surface area contributed by atoms with E-state index in [9.17, 15) is 8.42 Å². The Morgan fingerprint density at radius 3 is 2.39 bits per heavy atom. The van der Waals surface area contributed by atoms with Crippen LogP contribution < -0.4 is 4.72 Å². The minimum absolute atomic E-state index is 0.0779. The molecule has 4 nitrogen and oxygen atoms in total. The van der Waals surface area contributed by atoms with Gasteiger partial charge in [0.2, 0.25) is 10.0 Å². The van der Waals surface area contributed by atoms with Crippen LogP contribution in [0.5, 0.6) is 0 Å². The molecule has 0 heterocycles. The van der Waals surface area contributed by atoms with Crippen LogP contribution in [0.1, 0.15) is 6.92 Å². The van der Waals surface area contributed by atoms with Crippen LogP contribution in [0.15, 0.2) is 29.2 Å². The number of rotatable bonds is 6. The molecular weight excluding hydrogens is 294 g/mol. The van der Waals surface area contributed by atoms with Gasteiger partial charge in [0.15, 0.2) is 0 Å². The van der Waals surface area contributed by atoms with Crippen LogP contribution in [0.25, 0.3) is 0 Å². The van der Waals surface area contributed by atoms with Gasteiger partial charge < -0.3 is 5.11 Å². The summed E-state index contributed by atoms with van der Waals surface area (Å²) in [5, 5.41) is 9.44. The molecule has 1 rings (SSSR count). The summed E-state index contributed by atoms with van der Waals surface area (Å²) in [5.41, 5.74) is 0. The lowest BCUT2D eigenvalue weighted by Gasteiger charge is -2.21. The number of halogens is 1. The monoisotopic (exact) mass is 309 g/mol. The Morgan fingerprint density at radius 2 is 1.94 bits per heavy atom. The van der Waals surface area contributed by atoms with E-state index in [1.165, 1.54) is 36.0 Å². The smallest absolute Gasteiger partial charge is 0.240 e. The minimum Gasteiger partial charge on any atom is -0.395 e. The van der Waals surface area contributed by atoms with Gasteiger partial charge in [-0.3, -0.25) is 0 Å².